The van der Waals surface area contributed by atoms with Crippen molar-refractivity contribution >= 4 is 27.4 Å². The van der Waals surface area contributed by atoms with Gasteiger partial charge >= 0.3 is 6.18 Å². The summed E-state index contributed by atoms with van der Waals surface area (Å²) in [5.74, 6) is 0.415. The molecule has 98 valence electrons. The number of nitrogens with zero attached hydrogens (tertiary/aromatic N) is 4. The Hall–Kier alpha value is -1.31. The van der Waals surface area contributed by atoms with Crippen LogP contribution in [0.1, 0.15) is 6.42 Å². The third kappa shape index (κ3) is 2.92. The highest BCUT2D eigenvalue weighted by Crippen LogP contribution is 2.23. The van der Waals surface area contributed by atoms with Crippen LogP contribution in [-0.2, 0) is 0 Å². The Labute approximate surface area is 110 Å². The normalized spacial score (nSPS) is 12.1. The van der Waals surface area contributed by atoms with E-state index in [2.05, 4.69) is 25.9 Å². The van der Waals surface area contributed by atoms with E-state index in [1.54, 1.807) is 30.0 Å². The summed E-state index contributed by atoms with van der Waals surface area (Å²) >= 11 is 3.22. The Bertz CT molecular complexity index is 552. The number of rotatable bonds is 3. The largest absolute Gasteiger partial charge is 0.390 e. The van der Waals surface area contributed by atoms with Crippen LogP contribution in [0.25, 0.3) is 5.65 Å². The smallest absolute Gasteiger partial charge is 0.356 e. The number of hydrogen-bond acceptors (Lipinski definition) is 3. The molecule has 2 rings (SSSR count). The zero-order valence-electron chi connectivity index (χ0n) is 9.45. The van der Waals surface area contributed by atoms with Crippen LogP contribution in [0.2, 0.25) is 0 Å². The van der Waals surface area contributed by atoms with E-state index in [0.717, 1.165) is 0 Å². The van der Waals surface area contributed by atoms with Crippen molar-refractivity contribution in [2.24, 2.45) is 0 Å². The van der Waals surface area contributed by atoms with Gasteiger partial charge in [-0.2, -0.15) is 13.2 Å². The quantitative estimate of drug-likeness (QED) is 0.871. The van der Waals surface area contributed by atoms with Gasteiger partial charge in [0.05, 0.1) is 6.42 Å². The lowest BCUT2D eigenvalue weighted by molar-refractivity contribution is -0.132. The van der Waals surface area contributed by atoms with E-state index >= 15 is 0 Å². The summed E-state index contributed by atoms with van der Waals surface area (Å²) in [6.07, 6.45) is -0.0760. The molecule has 2 heterocycles. The fourth-order valence-corrected chi connectivity index (χ4v) is 1.93. The lowest BCUT2D eigenvalue weighted by Gasteiger charge is -2.19. The molecule has 8 heteroatoms. The maximum absolute atomic E-state index is 12.2. The van der Waals surface area contributed by atoms with E-state index in [9.17, 15) is 13.2 Å². The third-order valence-corrected chi connectivity index (χ3v) is 2.80. The van der Waals surface area contributed by atoms with E-state index in [0.29, 0.717) is 16.1 Å². The lowest BCUT2D eigenvalue weighted by Crippen LogP contribution is -2.25. The van der Waals surface area contributed by atoms with Gasteiger partial charge < -0.3 is 9.30 Å². The zero-order valence-corrected chi connectivity index (χ0v) is 11.0. The summed E-state index contributed by atoms with van der Waals surface area (Å²) in [6.45, 7) is -0.157. The van der Waals surface area contributed by atoms with Gasteiger partial charge in [0.15, 0.2) is 11.5 Å². The van der Waals surface area contributed by atoms with Crippen LogP contribution in [0.5, 0.6) is 0 Å². The van der Waals surface area contributed by atoms with Crippen LogP contribution in [0, 0.1) is 0 Å². The summed E-state index contributed by atoms with van der Waals surface area (Å²) in [5, 5.41) is 0. The van der Waals surface area contributed by atoms with E-state index < -0.39 is 12.6 Å². The highest BCUT2D eigenvalue weighted by molar-refractivity contribution is 9.10. The van der Waals surface area contributed by atoms with E-state index in [4.69, 9.17) is 0 Å². The van der Waals surface area contributed by atoms with Gasteiger partial charge in [-0.1, -0.05) is 0 Å². The molecule has 18 heavy (non-hydrogen) atoms. The predicted molar refractivity (Wildman–Crippen MR) is 64.6 cm³/mol. The first-order valence-electron chi connectivity index (χ1n) is 5.14. The van der Waals surface area contributed by atoms with Crippen LogP contribution in [-0.4, -0.2) is 34.1 Å². The Balaban J connectivity index is 2.26. The molecule has 0 bridgehead atoms. The molecule has 0 amide bonds. The molecule has 2 aromatic heterocycles. The number of hydrogen-bond donors (Lipinski definition) is 0. The van der Waals surface area contributed by atoms with Crippen molar-refractivity contribution in [2.75, 3.05) is 18.5 Å². The average Bonchev–Trinajstić information content (AvgIpc) is 2.71. The third-order valence-electron chi connectivity index (χ3n) is 2.42. The van der Waals surface area contributed by atoms with Crippen LogP contribution < -0.4 is 4.90 Å². The summed E-state index contributed by atoms with van der Waals surface area (Å²) < 4.78 is 38.8. The molecule has 0 aliphatic heterocycles. The fourth-order valence-electron chi connectivity index (χ4n) is 1.54. The summed E-state index contributed by atoms with van der Waals surface area (Å²) in [6, 6.07) is 0. The average molecular weight is 323 g/mol. The second kappa shape index (κ2) is 4.75. The van der Waals surface area contributed by atoms with Gasteiger partial charge in [-0.15, -0.1) is 0 Å². The van der Waals surface area contributed by atoms with Crippen molar-refractivity contribution in [2.45, 2.75) is 12.6 Å². The Kier molecular flexibility index (Phi) is 3.47. The minimum atomic E-state index is -4.17. The summed E-state index contributed by atoms with van der Waals surface area (Å²) in [4.78, 5) is 9.69. The van der Waals surface area contributed by atoms with Gasteiger partial charge in [0.1, 0.15) is 4.60 Å². The standard InChI is InChI=1S/C10H10BrF3N4/c1-17(4-2-10(12,13)14)9-8-15-3-5-18(8)6-7(11)16-9/h3,5-6H,2,4H2,1H3. The van der Waals surface area contributed by atoms with Crippen molar-refractivity contribution in [1.29, 1.82) is 0 Å². The minimum absolute atomic E-state index is 0.157. The molecule has 2 aromatic rings. The number of halogens is 4. The maximum Gasteiger partial charge on any atom is 0.390 e. The molecule has 0 aliphatic rings. The maximum atomic E-state index is 12.2. The van der Waals surface area contributed by atoms with Crippen LogP contribution in [0.3, 0.4) is 0 Å². The van der Waals surface area contributed by atoms with E-state index in [-0.39, 0.29) is 6.54 Å². The number of aromatic nitrogens is 3. The molecule has 0 unspecified atom stereocenters. The number of fused-ring (bicyclic) bond motifs is 1. The second-order valence-corrected chi connectivity index (χ2v) is 4.64. The number of anilines is 1. The number of imidazole rings is 1. The molecule has 0 radical (unpaired) electrons. The van der Waals surface area contributed by atoms with Crippen LogP contribution in [0.15, 0.2) is 23.2 Å². The highest BCUT2D eigenvalue weighted by atomic mass is 79.9. The predicted octanol–water partition coefficient (Wildman–Crippen LogP) is 2.88. The number of alkyl halides is 3. The van der Waals surface area contributed by atoms with Gasteiger partial charge in [0.2, 0.25) is 0 Å². The minimum Gasteiger partial charge on any atom is -0.356 e. The van der Waals surface area contributed by atoms with Crippen molar-refractivity contribution in [3.8, 4) is 0 Å². The van der Waals surface area contributed by atoms with E-state index in [1.165, 1.54) is 4.90 Å². The summed E-state index contributed by atoms with van der Waals surface area (Å²) in [7, 11) is 1.56. The Morgan fingerprint density at radius 1 is 1.44 bits per heavy atom. The molecular weight excluding hydrogens is 313 g/mol. The second-order valence-electron chi connectivity index (χ2n) is 3.83. The lowest BCUT2D eigenvalue weighted by atomic mass is 10.4. The van der Waals surface area contributed by atoms with Crippen molar-refractivity contribution in [3.05, 3.63) is 23.2 Å². The topological polar surface area (TPSA) is 33.4 Å². The first-order chi connectivity index (χ1) is 8.37. The van der Waals surface area contributed by atoms with E-state index in [1.807, 2.05) is 0 Å². The molecule has 0 fully saturated rings. The fraction of sp³-hybridized carbons (Fsp3) is 0.400. The Morgan fingerprint density at radius 3 is 2.83 bits per heavy atom. The molecule has 0 aromatic carbocycles. The zero-order chi connectivity index (χ0) is 13.3. The molecule has 0 saturated heterocycles. The molecule has 0 N–H and O–H groups in total. The molecule has 0 spiro atoms. The van der Waals surface area contributed by atoms with Gasteiger partial charge in [0, 0.05) is 32.2 Å². The molecule has 0 atom stereocenters. The monoisotopic (exact) mass is 322 g/mol. The van der Waals surface area contributed by atoms with Gasteiger partial charge in [0.25, 0.3) is 0 Å². The Morgan fingerprint density at radius 2 is 2.17 bits per heavy atom. The first kappa shape index (κ1) is 13.1. The SMILES string of the molecule is CN(CCC(F)(F)F)c1nc(Br)cn2ccnc12. The van der Waals surface area contributed by atoms with Gasteiger partial charge in [-0.25, -0.2) is 9.97 Å². The first-order valence-corrected chi connectivity index (χ1v) is 5.93. The van der Waals surface area contributed by atoms with Gasteiger partial charge in [-0.3, -0.25) is 0 Å². The van der Waals surface area contributed by atoms with Crippen molar-refractivity contribution in [1.82, 2.24) is 14.4 Å². The highest BCUT2D eigenvalue weighted by Gasteiger charge is 2.27. The molecular formula is C10H10BrF3N4. The van der Waals surface area contributed by atoms with Crippen LogP contribution >= 0.6 is 15.9 Å². The molecule has 0 aliphatic carbocycles. The summed E-state index contributed by atoms with van der Waals surface area (Å²) in [5.41, 5.74) is 0.530. The molecule has 0 saturated carbocycles. The van der Waals surface area contributed by atoms with Crippen molar-refractivity contribution < 1.29 is 13.2 Å². The molecule has 4 nitrogen and oxygen atoms in total. The van der Waals surface area contributed by atoms with Crippen molar-refractivity contribution in [3.63, 3.8) is 0 Å². The van der Waals surface area contributed by atoms with Crippen LogP contribution in [0.4, 0.5) is 19.0 Å². The van der Waals surface area contributed by atoms with Gasteiger partial charge in [-0.05, 0) is 15.9 Å².